The second-order valence-corrected chi connectivity index (χ2v) is 8.72. The van der Waals surface area contributed by atoms with E-state index in [1.807, 2.05) is 53.8 Å². The maximum absolute atomic E-state index is 13.2. The topological polar surface area (TPSA) is 81.2 Å². The van der Waals surface area contributed by atoms with E-state index in [2.05, 4.69) is 10.1 Å². The Kier molecular flexibility index (Phi) is 4.68. The van der Waals surface area contributed by atoms with Crippen molar-refractivity contribution in [2.45, 2.75) is 58.0 Å². The second-order valence-electron chi connectivity index (χ2n) is 8.72. The summed E-state index contributed by atoms with van der Waals surface area (Å²) in [6, 6.07) is 7.65. The molecule has 1 amide bonds. The molecule has 0 spiro atoms. The molecule has 5 rings (SSSR count). The highest BCUT2D eigenvalue weighted by Crippen LogP contribution is 2.36. The Bertz CT molecular complexity index is 1110. The number of rotatable bonds is 6. The number of Topliss-reactive ketones (excluding diaryl/α,β-unsaturated/α-hetero) is 1. The number of hydrogen-bond acceptors (Lipinski definition) is 5. The first-order valence-corrected chi connectivity index (χ1v) is 10.8. The summed E-state index contributed by atoms with van der Waals surface area (Å²) in [5.74, 6) is 1.73. The molecule has 0 N–H and O–H groups in total. The fourth-order valence-electron chi connectivity index (χ4n) is 4.31. The standard InChI is InChI=1S/C23H26N4O3/c1-14(2)22-24-23(30-25-22)19-8-5-11-27(19)20(28)13-26-12-17(21(29)15-9-10-15)16-6-3-4-7-18(16)26/h3-4,6-7,12,14-15,19H,5,8-11,13H2,1-2H3/t19-/m0/s1. The molecule has 0 radical (unpaired) electrons. The zero-order valence-electron chi connectivity index (χ0n) is 17.4. The maximum atomic E-state index is 13.2. The molecule has 3 aromatic rings. The number of amides is 1. The highest BCUT2D eigenvalue weighted by atomic mass is 16.5. The first-order chi connectivity index (χ1) is 14.5. The highest BCUT2D eigenvalue weighted by Gasteiger charge is 2.35. The monoisotopic (exact) mass is 406 g/mol. The molecule has 0 bridgehead atoms. The summed E-state index contributed by atoms with van der Waals surface area (Å²) >= 11 is 0. The van der Waals surface area contributed by atoms with Gasteiger partial charge in [0.1, 0.15) is 12.6 Å². The minimum absolute atomic E-state index is 0.00738. The van der Waals surface area contributed by atoms with Gasteiger partial charge in [0.25, 0.3) is 0 Å². The van der Waals surface area contributed by atoms with Crippen molar-refractivity contribution in [2.24, 2.45) is 5.92 Å². The number of para-hydroxylation sites is 1. The van der Waals surface area contributed by atoms with Crippen LogP contribution in [0.15, 0.2) is 35.0 Å². The molecule has 7 heteroatoms. The van der Waals surface area contributed by atoms with Gasteiger partial charge < -0.3 is 14.0 Å². The molecule has 1 atom stereocenters. The van der Waals surface area contributed by atoms with Gasteiger partial charge in [-0.15, -0.1) is 0 Å². The number of carbonyl (C=O) groups is 2. The Morgan fingerprint density at radius 2 is 2.00 bits per heavy atom. The number of carbonyl (C=O) groups excluding carboxylic acids is 2. The van der Waals surface area contributed by atoms with E-state index in [-0.39, 0.29) is 36.1 Å². The van der Waals surface area contributed by atoms with Crippen LogP contribution < -0.4 is 0 Å². The van der Waals surface area contributed by atoms with Crippen molar-refractivity contribution in [1.82, 2.24) is 19.6 Å². The van der Waals surface area contributed by atoms with E-state index in [0.29, 0.717) is 18.3 Å². The minimum Gasteiger partial charge on any atom is -0.337 e. The van der Waals surface area contributed by atoms with Crippen molar-refractivity contribution in [2.75, 3.05) is 6.54 Å². The molecule has 1 saturated heterocycles. The van der Waals surface area contributed by atoms with E-state index in [1.165, 1.54) is 0 Å². The molecule has 7 nitrogen and oxygen atoms in total. The molecule has 1 saturated carbocycles. The van der Waals surface area contributed by atoms with Crippen LogP contribution in [0.1, 0.15) is 73.6 Å². The Balaban J connectivity index is 1.40. The Labute approximate surface area is 175 Å². The average Bonchev–Trinajstić information content (AvgIpc) is 3.15. The summed E-state index contributed by atoms with van der Waals surface area (Å²) in [6.07, 6.45) is 5.53. The maximum Gasteiger partial charge on any atom is 0.249 e. The van der Waals surface area contributed by atoms with E-state index in [9.17, 15) is 9.59 Å². The zero-order chi connectivity index (χ0) is 20.8. The van der Waals surface area contributed by atoms with E-state index in [1.54, 1.807) is 0 Å². The van der Waals surface area contributed by atoms with Gasteiger partial charge in [0.05, 0.1) is 0 Å². The summed E-state index contributed by atoms with van der Waals surface area (Å²) in [7, 11) is 0. The summed E-state index contributed by atoms with van der Waals surface area (Å²) < 4.78 is 7.39. The van der Waals surface area contributed by atoms with Crippen molar-refractivity contribution in [3.63, 3.8) is 0 Å². The smallest absolute Gasteiger partial charge is 0.249 e. The lowest BCUT2D eigenvalue weighted by Gasteiger charge is -2.22. The van der Waals surface area contributed by atoms with Crippen molar-refractivity contribution in [1.29, 1.82) is 0 Å². The number of hydrogen-bond donors (Lipinski definition) is 0. The van der Waals surface area contributed by atoms with Crippen molar-refractivity contribution in [3.8, 4) is 0 Å². The summed E-state index contributed by atoms with van der Waals surface area (Å²) in [6.45, 7) is 4.91. The van der Waals surface area contributed by atoms with Gasteiger partial charge in [-0.1, -0.05) is 37.2 Å². The summed E-state index contributed by atoms with van der Waals surface area (Å²) in [5.41, 5.74) is 1.66. The van der Waals surface area contributed by atoms with Crippen LogP contribution in [0.3, 0.4) is 0 Å². The van der Waals surface area contributed by atoms with E-state index >= 15 is 0 Å². The summed E-state index contributed by atoms with van der Waals surface area (Å²) in [5, 5.41) is 4.99. The lowest BCUT2D eigenvalue weighted by molar-refractivity contribution is -0.133. The third kappa shape index (κ3) is 3.32. The van der Waals surface area contributed by atoms with Crippen LogP contribution in [0.2, 0.25) is 0 Å². The Hall–Kier alpha value is -2.96. The highest BCUT2D eigenvalue weighted by molar-refractivity contribution is 6.10. The Morgan fingerprint density at radius 3 is 2.73 bits per heavy atom. The largest absolute Gasteiger partial charge is 0.337 e. The van der Waals surface area contributed by atoms with E-state index in [4.69, 9.17) is 4.52 Å². The molecule has 2 aliphatic rings. The molecule has 1 aromatic carbocycles. The quantitative estimate of drug-likeness (QED) is 0.576. The van der Waals surface area contributed by atoms with Crippen molar-refractivity contribution < 1.29 is 14.1 Å². The molecule has 0 unspecified atom stereocenters. The molecule has 1 aliphatic heterocycles. The predicted molar refractivity (Wildman–Crippen MR) is 111 cm³/mol. The van der Waals surface area contributed by atoms with Gasteiger partial charge in [-0.3, -0.25) is 9.59 Å². The molecule has 1 aliphatic carbocycles. The van der Waals surface area contributed by atoms with Gasteiger partial charge in [-0.05, 0) is 31.7 Å². The van der Waals surface area contributed by atoms with Crippen LogP contribution in [-0.2, 0) is 11.3 Å². The third-order valence-electron chi connectivity index (χ3n) is 6.14. The number of nitrogens with zero attached hydrogens (tertiary/aromatic N) is 4. The normalized spacial score (nSPS) is 19.2. The lowest BCUT2D eigenvalue weighted by atomic mass is 10.1. The van der Waals surface area contributed by atoms with Crippen LogP contribution >= 0.6 is 0 Å². The molecule has 2 fully saturated rings. The van der Waals surface area contributed by atoms with E-state index in [0.717, 1.165) is 42.1 Å². The van der Waals surface area contributed by atoms with Crippen molar-refractivity contribution >= 4 is 22.6 Å². The first kappa shape index (κ1) is 19.0. The van der Waals surface area contributed by atoms with Crippen LogP contribution in [0.25, 0.3) is 10.9 Å². The molecule has 156 valence electrons. The number of benzene rings is 1. The lowest BCUT2D eigenvalue weighted by Crippen LogP contribution is -2.33. The number of likely N-dealkylation sites (tertiary alicyclic amines) is 1. The molecular weight excluding hydrogens is 380 g/mol. The van der Waals surface area contributed by atoms with Crippen LogP contribution in [0.5, 0.6) is 0 Å². The van der Waals surface area contributed by atoms with Gasteiger partial charge in [0.15, 0.2) is 11.6 Å². The second kappa shape index (κ2) is 7.38. The number of fused-ring (bicyclic) bond motifs is 1. The number of ketones is 1. The molecule has 30 heavy (non-hydrogen) atoms. The van der Waals surface area contributed by atoms with Crippen LogP contribution in [-0.4, -0.2) is 37.8 Å². The fourth-order valence-corrected chi connectivity index (χ4v) is 4.31. The molecular formula is C23H26N4O3. The molecule has 2 aromatic heterocycles. The third-order valence-corrected chi connectivity index (χ3v) is 6.14. The van der Waals surface area contributed by atoms with Gasteiger partial charge in [0, 0.05) is 41.0 Å². The fraction of sp³-hybridized carbons (Fsp3) is 0.478. The van der Waals surface area contributed by atoms with Crippen molar-refractivity contribution in [3.05, 3.63) is 47.7 Å². The SMILES string of the molecule is CC(C)c1noc([C@@H]2CCCN2C(=O)Cn2cc(C(=O)C3CC3)c3ccccc32)n1. The first-order valence-electron chi connectivity index (χ1n) is 10.8. The van der Waals surface area contributed by atoms with Gasteiger partial charge in [-0.25, -0.2) is 0 Å². The van der Waals surface area contributed by atoms with Gasteiger partial charge >= 0.3 is 0 Å². The predicted octanol–water partition coefficient (Wildman–Crippen LogP) is 4.10. The Morgan fingerprint density at radius 1 is 1.20 bits per heavy atom. The average molecular weight is 406 g/mol. The summed E-state index contributed by atoms with van der Waals surface area (Å²) in [4.78, 5) is 32.3. The minimum atomic E-state index is -0.174. The zero-order valence-corrected chi connectivity index (χ0v) is 17.4. The molecule has 3 heterocycles. The van der Waals surface area contributed by atoms with E-state index < -0.39 is 0 Å². The van der Waals surface area contributed by atoms with Gasteiger partial charge in [-0.2, -0.15) is 4.98 Å². The van der Waals surface area contributed by atoms with Gasteiger partial charge in [0.2, 0.25) is 11.8 Å². The van der Waals surface area contributed by atoms with Crippen LogP contribution in [0, 0.1) is 5.92 Å². The number of aromatic nitrogens is 3. The van der Waals surface area contributed by atoms with Crippen LogP contribution in [0.4, 0.5) is 0 Å².